The molecule has 1 rings (SSSR count). The van der Waals surface area contributed by atoms with Gasteiger partial charge in [0.1, 0.15) is 12.7 Å². The van der Waals surface area contributed by atoms with Crippen molar-refractivity contribution in [2.75, 3.05) is 6.61 Å². The average Bonchev–Trinajstić information content (AvgIpc) is 2.49. The number of carbonyl (C=O) groups excluding carboxylic acids is 4. The first-order valence-corrected chi connectivity index (χ1v) is 8.70. The molecule has 1 fully saturated rings. The summed E-state index contributed by atoms with van der Waals surface area (Å²) >= 11 is 0.705. The van der Waals surface area contributed by atoms with Gasteiger partial charge in [-0.1, -0.05) is 11.8 Å². The smallest absolute Gasteiger partial charge is 0.303 e. The van der Waals surface area contributed by atoms with E-state index in [-0.39, 0.29) is 11.8 Å². The fourth-order valence-corrected chi connectivity index (χ4v) is 3.20. The van der Waals surface area contributed by atoms with E-state index >= 15 is 0 Å². The van der Waals surface area contributed by atoms with Crippen molar-refractivity contribution in [3.63, 3.8) is 0 Å². The Morgan fingerprint density at radius 3 is 1.81 bits per heavy atom. The maximum absolute atomic E-state index is 11.6. The molecule has 12 heteroatoms. The lowest BCUT2D eigenvalue weighted by molar-refractivity contribution is -0.237. The number of hydrogen-bond acceptors (Lipinski definition) is 11. The van der Waals surface area contributed by atoms with Gasteiger partial charge >= 0.3 is 23.9 Å². The lowest BCUT2D eigenvalue weighted by atomic mass is 9.99. The Kier molecular flexibility index (Phi) is 8.50. The van der Waals surface area contributed by atoms with Gasteiger partial charge in [-0.2, -0.15) is 0 Å². The number of nitrogens with two attached hydrogens (primary N) is 1. The van der Waals surface area contributed by atoms with Gasteiger partial charge in [0.05, 0.1) is 0 Å². The number of amidine groups is 1. The van der Waals surface area contributed by atoms with E-state index in [0.29, 0.717) is 11.8 Å². The van der Waals surface area contributed by atoms with Crippen LogP contribution in [0.15, 0.2) is 0 Å². The van der Waals surface area contributed by atoms with Crippen molar-refractivity contribution >= 4 is 40.8 Å². The first kappa shape index (κ1) is 22.7. The Labute approximate surface area is 159 Å². The molecule has 0 aliphatic carbocycles. The molecule has 152 valence electrons. The van der Waals surface area contributed by atoms with Crippen molar-refractivity contribution in [3.05, 3.63) is 0 Å². The van der Waals surface area contributed by atoms with Crippen LogP contribution in [0, 0.1) is 5.41 Å². The number of hydrogen-bond donors (Lipinski definition) is 2. The lowest BCUT2D eigenvalue weighted by Gasteiger charge is -2.43. The fourth-order valence-electron chi connectivity index (χ4n) is 2.41. The van der Waals surface area contributed by atoms with E-state index in [1.165, 1.54) is 6.92 Å². The predicted octanol–water partition coefficient (Wildman–Crippen LogP) is -0.304. The van der Waals surface area contributed by atoms with Crippen LogP contribution in [0.4, 0.5) is 0 Å². The quantitative estimate of drug-likeness (QED) is 0.257. The summed E-state index contributed by atoms with van der Waals surface area (Å²) in [4.78, 5) is 45.7. The Morgan fingerprint density at radius 2 is 1.37 bits per heavy atom. The molecule has 1 heterocycles. The van der Waals surface area contributed by atoms with Crippen LogP contribution in [0.25, 0.3) is 0 Å². The second-order valence-corrected chi connectivity index (χ2v) is 6.69. The Bertz CT molecular complexity index is 612. The molecule has 0 radical (unpaired) electrons. The standard InChI is InChI=1S/C15H22N2O9S/c1-6(18)22-5-10-11(23-7(2)19)12(24-8(3)20)13(25-9(4)21)14(26-10)27-15(16)17/h10-14H,5H2,1-4H3,(H3,16,17)/t10-,11+,12+,13-,14+/m1/s1. The molecule has 0 bridgehead atoms. The van der Waals surface area contributed by atoms with Crippen LogP contribution in [0.3, 0.4) is 0 Å². The molecule has 5 atom stereocenters. The van der Waals surface area contributed by atoms with Crippen molar-refractivity contribution in [2.45, 2.75) is 57.5 Å². The van der Waals surface area contributed by atoms with Gasteiger partial charge in [0.15, 0.2) is 28.9 Å². The molecule has 0 spiro atoms. The molecule has 0 aromatic carbocycles. The van der Waals surface area contributed by atoms with Gasteiger partial charge in [0, 0.05) is 27.7 Å². The van der Waals surface area contributed by atoms with Crippen LogP contribution in [0.2, 0.25) is 0 Å². The van der Waals surface area contributed by atoms with Crippen molar-refractivity contribution in [3.8, 4) is 0 Å². The second kappa shape index (κ2) is 10.1. The van der Waals surface area contributed by atoms with E-state index in [2.05, 4.69) is 0 Å². The Hall–Kier alpha value is -2.34. The number of nitrogens with one attached hydrogen (secondary N) is 1. The van der Waals surface area contributed by atoms with Gasteiger partial charge < -0.3 is 29.4 Å². The zero-order valence-electron chi connectivity index (χ0n) is 15.3. The highest BCUT2D eigenvalue weighted by Crippen LogP contribution is 2.34. The first-order valence-electron chi connectivity index (χ1n) is 7.82. The summed E-state index contributed by atoms with van der Waals surface area (Å²) in [6, 6.07) is 0. The normalized spacial score (nSPS) is 27.2. The summed E-state index contributed by atoms with van der Waals surface area (Å²) < 4.78 is 26.2. The molecule has 0 aromatic rings. The van der Waals surface area contributed by atoms with Crippen molar-refractivity contribution in [1.29, 1.82) is 5.41 Å². The number of esters is 4. The topological polar surface area (TPSA) is 164 Å². The number of carbonyl (C=O) groups is 4. The summed E-state index contributed by atoms with van der Waals surface area (Å²) in [6.45, 7) is 4.24. The van der Waals surface area contributed by atoms with Gasteiger partial charge in [0.25, 0.3) is 0 Å². The van der Waals surface area contributed by atoms with Crippen LogP contribution in [0.1, 0.15) is 27.7 Å². The molecule has 1 saturated heterocycles. The maximum atomic E-state index is 11.6. The highest BCUT2D eigenvalue weighted by Gasteiger charge is 2.52. The lowest BCUT2D eigenvalue weighted by Crippen LogP contribution is -2.61. The van der Waals surface area contributed by atoms with E-state index in [1.54, 1.807) is 0 Å². The first-order chi connectivity index (χ1) is 12.5. The van der Waals surface area contributed by atoms with Crippen molar-refractivity contribution < 1.29 is 42.9 Å². The molecule has 1 aliphatic rings. The summed E-state index contributed by atoms with van der Waals surface area (Å²) in [6.07, 6.45) is -4.76. The summed E-state index contributed by atoms with van der Waals surface area (Å²) in [5, 5.41) is 7.10. The minimum Gasteiger partial charge on any atom is -0.463 e. The van der Waals surface area contributed by atoms with Gasteiger partial charge in [-0.15, -0.1) is 0 Å². The molecule has 0 aromatic heterocycles. The van der Waals surface area contributed by atoms with Crippen LogP contribution in [-0.2, 0) is 42.9 Å². The van der Waals surface area contributed by atoms with Crippen LogP contribution < -0.4 is 5.73 Å². The average molecular weight is 406 g/mol. The SMILES string of the molecule is CC(=O)OC[C@H]1O[C@@H](SC(=N)N)[C@H](OC(C)=O)[C@@H](OC(C)=O)[C@H]1OC(C)=O. The molecule has 1 aliphatic heterocycles. The Morgan fingerprint density at radius 1 is 0.889 bits per heavy atom. The van der Waals surface area contributed by atoms with Gasteiger partial charge in [0.2, 0.25) is 0 Å². The highest BCUT2D eigenvalue weighted by molar-refractivity contribution is 8.14. The third kappa shape index (κ3) is 7.43. The molecular weight excluding hydrogens is 384 g/mol. The van der Waals surface area contributed by atoms with Crippen LogP contribution in [-0.4, -0.2) is 65.5 Å². The van der Waals surface area contributed by atoms with Gasteiger partial charge in [-0.25, -0.2) is 0 Å². The molecular formula is C15H22N2O9S. The van der Waals surface area contributed by atoms with Crippen molar-refractivity contribution in [2.24, 2.45) is 5.73 Å². The summed E-state index contributed by atoms with van der Waals surface area (Å²) in [5.41, 5.74) is 4.33. The molecule has 0 saturated carbocycles. The zero-order chi connectivity index (χ0) is 20.7. The number of ether oxygens (including phenoxy) is 5. The molecule has 11 nitrogen and oxygen atoms in total. The zero-order valence-corrected chi connectivity index (χ0v) is 16.1. The fraction of sp³-hybridized carbons (Fsp3) is 0.667. The van der Waals surface area contributed by atoms with Gasteiger partial charge in [-0.3, -0.25) is 24.6 Å². The monoisotopic (exact) mass is 406 g/mol. The van der Waals surface area contributed by atoms with Crippen molar-refractivity contribution in [1.82, 2.24) is 0 Å². The second-order valence-electron chi connectivity index (χ2n) is 5.55. The third-order valence-corrected chi connectivity index (χ3v) is 4.06. The van der Waals surface area contributed by atoms with E-state index < -0.39 is 53.7 Å². The molecule has 3 N–H and O–H groups in total. The van der Waals surface area contributed by atoms with Crippen LogP contribution in [0.5, 0.6) is 0 Å². The molecule has 0 unspecified atom stereocenters. The minimum absolute atomic E-state index is 0.327. The summed E-state index contributed by atoms with van der Waals surface area (Å²) in [7, 11) is 0. The number of thioether (sulfide) groups is 1. The van der Waals surface area contributed by atoms with E-state index in [0.717, 1.165) is 20.8 Å². The summed E-state index contributed by atoms with van der Waals surface area (Å²) in [5.74, 6) is -2.76. The highest BCUT2D eigenvalue weighted by atomic mass is 32.2. The van der Waals surface area contributed by atoms with E-state index in [1.807, 2.05) is 0 Å². The van der Waals surface area contributed by atoms with E-state index in [9.17, 15) is 19.2 Å². The largest absolute Gasteiger partial charge is 0.463 e. The number of rotatable bonds is 6. The Balaban J connectivity index is 3.29. The molecule has 27 heavy (non-hydrogen) atoms. The minimum atomic E-state index is -1.26. The van der Waals surface area contributed by atoms with E-state index in [4.69, 9.17) is 34.8 Å². The maximum Gasteiger partial charge on any atom is 0.303 e. The molecule has 0 amide bonds. The van der Waals surface area contributed by atoms with Gasteiger partial charge in [-0.05, 0) is 0 Å². The third-order valence-electron chi connectivity index (χ3n) is 3.19. The predicted molar refractivity (Wildman–Crippen MR) is 91.5 cm³/mol. The van der Waals surface area contributed by atoms with Crippen LogP contribution >= 0.6 is 11.8 Å².